The average molecular weight is 632 g/mol. The summed E-state index contributed by atoms with van der Waals surface area (Å²) in [6.07, 6.45) is 9.61. The van der Waals surface area contributed by atoms with Crippen LogP contribution >= 0.6 is 0 Å². The van der Waals surface area contributed by atoms with Gasteiger partial charge in [0.2, 0.25) is 0 Å². The second kappa shape index (κ2) is 48.1. The molecule has 1 aromatic rings. The van der Waals surface area contributed by atoms with Crippen LogP contribution < -0.4 is 0 Å². The van der Waals surface area contributed by atoms with Gasteiger partial charge in [-0.15, -0.1) is 0 Å². The number of benzene rings is 1. The van der Waals surface area contributed by atoms with Crippen molar-refractivity contribution in [2.75, 3.05) is 13.2 Å². The summed E-state index contributed by atoms with van der Waals surface area (Å²) >= 11 is 0. The van der Waals surface area contributed by atoms with Gasteiger partial charge in [0.05, 0.1) is 0 Å². The van der Waals surface area contributed by atoms with E-state index in [0.29, 0.717) is 6.61 Å². The van der Waals surface area contributed by atoms with Crippen molar-refractivity contribution < 1.29 is 103 Å². The minimum Gasteiger partial charge on any atom is -0.413 e. The van der Waals surface area contributed by atoms with E-state index < -0.39 is 0 Å². The average Bonchev–Trinajstić information content (AvgIpc) is 2.62. The Morgan fingerprint density at radius 1 is 0.759 bits per heavy atom. The maximum atomic E-state index is 4.87. The van der Waals surface area contributed by atoms with Gasteiger partial charge in [-0.2, -0.15) is 12.8 Å². The number of aryl methyl sites for hydroxylation is 2. The summed E-state index contributed by atoms with van der Waals surface area (Å²) < 4.78 is 4.87. The van der Waals surface area contributed by atoms with Gasteiger partial charge in [0.15, 0.2) is 0 Å². The molecule has 0 spiro atoms. The molecule has 0 aliphatic heterocycles. The quantitative estimate of drug-likeness (QED) is 0.207. The van der Waals surface area contributed by atoms with E-state index in [4.69, 9.17) is 4.74 Å². The van der Waals surface area contributed by atoms with Crippen molar-refractivity contribution in [3.8, 4) is 0 Å². The number of rotatable bonds is 8. The van der Waals surface area contributed by atoms with Gasteiger partial charge < -0.3 is 25.5 Å². The predicted molar refractivity (Wildman–Crippen MR) is 124 cm³/mol. The molecule has 29 heavy (non-hydrogen) atoms. The van der Waals surface area contributed by atoms with Crippen LogP contribution in [0.15, 0.2) is 24.3 Å². The normalized spacial score (nSPS) is 7.72. The van der Waals surface area contributed by atoms with E-state index in [0.717, 1.165) is 25.9 Å². The van der Waals surface area contributed by atoms with Crippen molar-refractivity contribution >= 4 is 0 Å². The van der Waals surface area contributed by atoms with E-state index in [-0.39, 0.29) is 106 Å². The molecule has 0 atom stereocenters. The second-order valence-corrected chi connectivity index (χ2v) is 5.91. The van der Waals surface area contributed by atoms with Crippen molar-refractivity contribution in [2.24, 2.45) is 0 Å². The Morgan fingerprint density at radius 2 is 1.24 bits per heavy atom. The summed E-state index contributed by atoms with van der Waals surface area (Å²) in [5, 5.41) is 0. The number of hydrogen-bond acceptors (Lipinski definition) is 1. The molecule has 0 unspecified atom stereocenters. The molecule has 1 rings (SSSR count). The van der Waals surface area contributed by atoms with Crippen molar-refractivity contribution in [1.82, 2.24) is 0 Å². The molecule has 0 aliphatic rings. The Labute approximate surface area is 262 Å². The third kappa shape index (κ3) is 53.6. The van der Waals surface area contributed by atoms with E-state index in [2.05, 4.69) is 72.7 Å². The molecule has 0 N–H and O–H groups in total. The molecule has 0 aliphatic carbocycles. The summed E-state index contributed by atoms with van der Waals surface area (Å²) in [6, 6.07) is 8.76. The van der Waals surface area contributed by atoms with E-state index in [1.165, 1.54) is 43.2 Å². The first-order valence-corrected chi connectivity index (χ1v) is 10.1. The third-order valence-electron chi connectivity index (χ3n) is 3.01. The molecule has 0 amide bonds. The Balaban J connectivity index is -0.0000000457. The van der Waals surface area contributed by atoms with Gasteiger partial charge in [-0.05, 0) is 25.3 Å². The van der Waals surface area contributed by atoms with Crippen LogP contribution in [-0.2, 0) is 109 Å². The molecule has 3 radical (unpaired) electrons. The topological polar surface area (TPSA) is 9.23 Å². The second-order valence-electron chi connectivity index (χ2n) is 5.91. The van der Waals surface area contributed by atoms with Gasteiger partial charge in [0, 0.05) is 105 Å². The molecule has 1 nitrogen and oxygen atoms in total. The molecular formula is C25H49OY3-3. The van der Waals surface area contributed by atoms with Crippen LogP contribution in [-0.4, -0.2) is 13.2 Å². The SMILES string of the molecule is C.CCCc1ccc(C)cc1.[CH2-]CC.[CH2-]CCCCC.[CH2-]COCCC.[Y].[Y].[Y]. The first-order valence-electron chi connectivity index (χ1n) is 10.1. The zero-order valence-corrected chi connectivity index (χ0v) is 28.2. The summed E-state index contributed by atoms with van der Waals surface area (Å²) in [5.41, 5.74) is 2.80. The Hall–Kier alpha value is 2.49. The van der Waals surface area contributed by atoms with Crippen LogP contribution in [0.1, 0.15) is 91.2 Å². The molecule has 0 saturated carbocycles. The van der Waals surface area contributed by atoms with Crippen molar-refractivity contribution in [3.05, 3.63) is 56.2 Å². The predicted octanol–water partition coefficient (Wildman–Crippen LogP) is 8.45. The largest absolute Gasteiger partial charge is 0.413 e. The van der Waals surface area contributed by atoms with E-state index >= 15 is 0 Å². The minimum absolute atomic E-state index is 0. The first-order chi connectivity index (χ1) is 12.1. The fraction of sp³-hybridized carbons (Fsp3) is 0.640. The zero-order chi connectivity index (χ0) is 19.8. The Kier molecular flexibility index (Phi) is 80.9. The maximum absolute atomic E-state index is 4.87. The summed E-state index contributed by atoms with van der Waals surface area (Å²) in [4.78, 5) is 0. The summed E-state index contributed by atoms with van der Waals surface area (Å²) in [5.74, 6) is 0. The summed E-state index contributed by atoms with van der Waals surface area (Å²) in [6.45, 7) is 22.8. The molecule has 1 aromatic carbocycles. The van der Waals surface area contributed by atoms with Gasteiger partial charge in [-0.3, -0.25) is 0 Å². The van der Waals surface area contributed by atoms with Crippen LogP contribution in [0.2, 0.25) is 0 Å². The Bertz CT molecular complexity index is 300. The van der Waals surface area contributed by atoms with Crippen LogP contribution in [0, 0.1) is 27.7 Å². The molecule has 0 bridgehead atoms. The molecule has 0 aromatic heterocycles. The van der Waals surface area contributed by atoms with Gasteiger partial charge in [-0.25, -0.2) is 0 Å². The molecule has 0 saturated heterocycles. The number of ether oxygens (including phenoxy) is 1. The van der Waals surface area contributed by atoms with Crippen molar-refractivity contribution in [2.45, 2.75) is 93.4 Å². The van der Waals surface area contributed by atoms with Crippen LogP contribution in [0.5, 0.6) is 0 Å². The van der Waals surface area contributed by atoms with Crippen molar-refractivity contribution in [1.29, 1.82) is 0 Å². The number of unbranched alkanes of at least 4 members (excludes halogenated alkanes) is 3. The van der Waals surface area contributed by atoms with E-state index in [9.17, 15) is 0 Å². The zero-order valence-electron chi connectivity index (χ0n) is 19.6. The standard InChI is InChI=1S/C10H14.C6H13.C5H11O.C3H7.CH4.3Y/c1-3-4-10-7-5-9(2)6-8-10;2*1-3-5-6-4-2;1-3-2;;;;/h5-8H,3-4H2,1-2H3;1,3-6H2,2H3;2-5H2,1H3;1,3H2,2H3;1H4;;;/q;3*-1;;;;. The molecule has 167 valence electrons. The van der Waals surface area contributed by atoms with Gasteiger partial charge >= 0.3 is 0 Å². The minimum atomic E-state index is 0. The molecule has 0 heterocycles. The fourth-order valence-corrected chi connectivity index (χ4v) is 1.72. The Morgan fingerprint density at radius 3 is 1.48 bits per heavy atom. The molecule has 4 heteroatoms. The van der Waals surface area contributed by atoms with E-state index in [1.807, 2.05) is 6.92 Å². The van der Waals surface area contributed by atoms with Gasteiger partial charge in [0.25, 0.3) is 0 Å². The summed E-state index contributed by atoms with van der Waals surface area (Å²) in [7, 11) is 0. The third-order valence-corrected chi connectivity index (χ3v) is 3.01. The van der Waals surface area contributed by atoms with Crippen molar-refractivity contribution in [3.63, 3.8) is 0 Å². The van der Waals surface area contributed by atoms with Gasteiger partial charge in [-0.1, -0.05) is 97.2 Å². The van der Waals surface area contributed by atoms with Crippen LogP contribution in [0.3, 0.4) is 0 Å². The van der Waals surface area contributed by atoms with E-state index in [1.54, 1.807) is 0 Å². The maximum Gasteiger partial charge on any atom is 0.0427 e. The van der Waals surface area contributed by atoms with Crippen LogP contribution in [0.25, 0.3) is 0 Å². The van der Waals surface area contributed by atoms with Gasteiger partial charge in [0.1, 0.15) is 0 Å². The number of hydrogen-bond donors (Lipinski definition) is 0. The fourth-order valence-electron chi connectivity index (χ4n) is 1.72. The smallest absolute Gasteiger partial charge is 0.0427 e. The molecule has 0 fully saturated rings. The first kappa shape index (κ1) is 48.8. The van der Waals surface area contributed by atoms with Crippen LogP contribution in [0.4, 0.5) is 0 Å². The monoisotopic (exact) mass is 632 g/mol. The molecular weight excluding hydrogens is 583 g/mol.